The number of esters is 1. The molecule has 0 unspecified atom stereocenters. The summed E-state index contributed by atoms with van der Waals surface area (Å²) in [5.74, 6) is 0.171. The fraction of sp³-hybridized carbons (Fsp3) is 0.368. The molecule has 0 aliphatic heterocycles. The van der Waals surface area contributed by atoms with Gasteiger partial charge in [-0.3, -0.25) is 4.79 Å². The van der Waals surface area contributed by atoms with Crippen LogP contribution in [0.15, 0.2) is 35.1 Å². The average Bonchev–Trinajstić information content (AvgIpc) is 3.47. The number of aryl methyl sites for hydroxylation is 1. The Hall–Kier alpha value is -1.59. The molecular formula is C19H19BrClNO3. The molecule has 4 nitrogen and oxygen atoms in total. The Balaban J connectivity index is 1.83. The van der Waals surface area contributed by atoms with Crippen molar-refractivity contribution in [3.05, 3.63) is 68.1 Å². The standard InChI is InChI=1S/C19H19BrClNO3/c1-25-19(24)14-4-2-12(3-5-14)8-9-22-17(11-20)15(13-6-7-13)10-16(21)18(22)23/h2-5,10,13H,6-9,11H2,1H3. The molecule has 25 heavy (non-hydrogen) atoms. The SMILES string of the molecule is COC(=O)c1ccc(CCn2c(CBr)c(C3CC3)cc(Cl)c2=O)cc1. The molecule has 2 aromatic rings. The minimum Gasteiger partial charge on any atom is -0.465 e. The van der Waals surface area contributed by atoms with E-state index in [9.17, 15) is 9.59 Å². The van der Waals surface area contributed by atoms with Gasteiger partial charge in [0.2, 0.25) is 0 Å². The van der Waals surface area contributed by atoms with E-state index >= 15 is 0 Å². The Bertz CT molecular complexity index is 841. The van der Waals surface area contributed by atoms with E-state index in [2.05, 4.69) is 15.9 Å². The summed E-state index contributed by atoms with van der Waals surface area (Å²) in [4.78, 5) is 24.0. The molecule has 0 N–H and O–H groups in total. The summed E-state index contributed by atoms with van der Waals surface area (Å²) >= 11 is 9.69. The number of alkyl halides is 1. The maximum absolute atomic E-state index is 12.5. The maximum Gasteiger partial charge on any atom is 0.337 e. The smallest absolute Gasteiger partial charge is 0.337 e. The topological polar surface area (TPSA) is 48.3 Å². The van der Waals surface area contributed by atoms with Crippen molar-refractivity contribution in [1.29, 1.82) is 0 Å². The van der Waals surface area contributed by atoms with Crippen LogP contribution in [0, 0.1) is 0 Å². The lowest BCUT2D eigenvalue weighted by atomic mass is 10.1. The molecule has 1 saturated carbocycles. The van der Waals surface area contributed by atoms with Crippen LogP contribution >= 0.6 is 27.5 Å². The van der Waals surface area contributed by atoms with Gasteiger partial charge < -0.3 is 9.30 Å². The second kappa shape index (κ2) is 7.75. The highest BCUT2D eigenvalue weighted by Gasteiger charge is 2.28. The number of hydrogen-bond acceptors (Lipinski definition) is 3. The molecule has 1 aliphatic rings. The summed E-state index contributed by atoms with van der Waals surface area (Å²) < 4.78 is 6.48. The van der Waals surface area contributed by atoms with Crippen molar-refractivity contribution in [2.24, 2.45) is 0 Å². The fourth-order valence-electron chi connectivity index (χ4n) is 2.99. The van der Waals surface area contributed by atoms with Gasteiger partial charge >= 0.3 is 5.97 Å². The third-order valence-corrected chi connectivity index (χ3v) is 5.34. The van der Waals surface area contributed by atoms with Crippen molar-refractivity contribution in [2.45, 2.75) is 37.1 Å². The minimum atomic E-state index is -0.353. The van der Waals surface area contributed by atoms with Gasteiger partial charge in [-0.15, -0.1) is 0 Å². The number of nitrogens with zero attached hydrogens (tertiary/aromatic N) is 1. The van der Waals surface area contributed by atoms with Crippen LogP contribution < -0.4 is 5.56 Å². The Morgan fingerprint density at radius 1 is 1.32 bits per heavy atom. The van der Waals surface area contributed by atoms with Crippen molar-refractivity contribution in [3.8, 4) is 0 Å². The van der Waals surface area contributed by atoms with Crippen molar-refractivity contribution in [2.75, 3.05) is 7.11 Å². The Morgan fingerprint density at radius 2 is 2.00 bits per heavy atom. The summed E-state index contributed by atoms with van der Waals surface area (Å²) in [7, 11) is 1.36. The molecule has 1 heterocycles. The van der Waals surface area contributed by atoms with Gasteiger partial charge in [0.05, 0.1) is 12.7 Å². The zero-order valence-electron chi connectivity index (χ0n) is 13.9. The number of methoxy groups -OCH3 is 1. The highest BCUT2D eigenvalue weighted by Crippen LogP contribution is 2.42. The lowest BCUT2D eigenvalue weighted by Gasteiger charge is -2.16. The predicted molar refractivity (Wildman–Crippen MR) is 102 cm³/mol. The van der Waals surface area contributed by atoms with Crippen LogP contribution in [-0.4, -0.2) is 17.6 Å². The van der Waals surface area contributed by atoms with Gasteiger partial charge in [0, 0.05) is 17.6 Å². The van der Waals surface area contributed by atoms with Gasteiger partial charge in [-0.2, -0.15) is 0 Å². The van der Waals surface area contributed by atoms with E-state index in [1.807, 2.05) is 18.2 Å². The largest absolute Gasteiger partial charge is 0.465 e. The molecule has 0 spiro atoms. The summed E-state index contributed by atoms with van der Waals surface area (Å²) in [6.45, 7) is 0.553. The van der Waals surface area contributed by atoms with Gasteiger partial charge in [-0.25, -0.2) is 4.79 Å². The molecule has 1 aliphatic carbocycles. The van der Waals surface area contributed by atoms with Gasteiger partial charge in [0.25, 0.3) is 5.56 Å². The first-order valence-electron chi connectivity index (χ1n) is 8.20. The summed E-state index contributed by atoms with van der Waals surface area (Å²) in [6, 6.07) is 9.08. The maximum atomic E-state index is 12.5. The molecule has 1 aromatic heterocycles. The van der Waals surface area contributed by atoms with E-state index in [-0.39, 0.29) is 16.6 Å². The second-order valence-electron chi connectivity index (χ2n) is 6.20. The molecule has 6 heteroatoms. The minimum absolute atomic E-state index is 0.147. The van der Waals surface area contributed by atoms with Crippen LogP contribution in [0.2, 0.25) is 5.02 Å². The normalized spacial score (nSPS) is 13.7. The van der Waals surface area contributed by atoms with Crippen LogP contribution in [0.5, 0.6) is 0 Å². The lowest BCUT2D eigenvalue weighted by molar-refractivity contribution is 0.0600. The van der Waals surface area contributed by atoms with Crippen LogP contribution in [0.4, 0.5) is 0 Å². The number of halogens is 2. The first-order valence-corrected chi connectivity index (χ1v) is 9.70. The molecule has 0 radical (unpaired) electrons. The zero-order chi connectivity index (χ0) is 18.0. The van der Waals surface area contributed by atoms with E-state index in [0.717, 1.165) is 24.1 Å². The number of rotatable bonds is 6. The molecular weight excluding hydrogens is 406 g/mol. The quantitative estimate of drug-likeness (QED) is 0.513. The number of carbonyl (C=O) groups is 1. The Morgan fingerprint density at radius 3 is 2.56 bits per heavy atom. The van der Waals surface area contributed by atoms with E-state index in [1.165, 1.54) is 12.7 Å². The van der Waals surface area contributed by atoms with Crippen molar-refractivity contribution >= 4 is 33.5 Å². The molecule has 0 bridgehead atoms. The van der Waals surface area contributed by atoms with Crippen molar-refractivity contribution in [1.82, 2.24) is 4.57 Å². The number of aromatic nitrogens is 1. The highest BCUT2D eigenvalue weighted by atomic mass is 79.9. The zero-order valence-corrected chi connectivity index (χ0v) is 16.3. The third kappa shape index (κ3) is 3.98. The van der Waals surface area contributed by atoms with Gasteiger partial charge in [0.15, 0.2) is 0 Å². The second-order valence-corrected chi connectivity index (χ2v) is 7.17. The van der Waals surface area contributed by atoms with Crippen LogP contribution in [-0.2, 0) is 23.0 Å². The average molecular weight is 425 g/mol. The lowest BCUT2D eigenvalue weighted by Crippen LogP contribution is -2.26. The number of hydrogen-bond donors (Lipinski definition) is 0. The van der Waals surface area contributed by atoms with Crippen LogP contribution in [0.3, 0.4) is 0 Å². The van der Waals surface area contributed by atoms with E-state index in [0.29, 0.717) is 29.8 Å². The number of pyridine rings is 1. The van der Waals surface area contributed by atoms with Gasteiger partial charge in [-0.05, 0) is 54.5 Å². The Kier molecular flexibility index (Phi) is 5.64. The van der Waals surface area contributed by atoms with Gasteiger partial charge in [-0.1, -0.05) is 39.7 Å². The summed E-state index contributed by atoms with van der Waals surface area (Å²) in [5, 5.41) is 0.916. The monoisotopic (exact) mass is 423 g/mol. The number of carbonyl (C=O) groups excluding carboxylic acids is 1. The van der Waals surface area contributed by atoms with E-state index in [4.69, 9.17) is 16.3 Å². The molecule has 0 saturated heterocycles. The number of ether oxygens (including phenoxy) is 1. The molecule has 0 atom stereocenters. The van der Waals surface area contributed by atoms with Crippen LogP contribution in [0.1, 0.15) is 45.9 Å². The molecule has 1 aromatic carbocycles. The molecule has 1 fully saturated rings. The number of benzene rings is 1. The first-order chi connectivity index (χ1) is 12.0. The van der Waals surface area contributed by atoms with Gasteiger partial charge in [0.1, 0.15) is 5.02 Å². The first kappa shape index (κ1) is 18.2. The van der Waals surface area contributed by atoms with Crippen molar-refractivity contribution < 1.29 is 9.53 Å². The van der Waals surface area contributed by atoms with Crippen LogP contribution in [0.25, 0.3) is 0 Å². The summed E-state index contributed by atoms with van der Waals surface area (Å²) in [6.07, 6.45) is 3.00. The molecule has 132 valence electrons. The van der Waals surface area contributed by atoms with E-state index in [1.54, 1.807) is 16.7 Å². The molecule has 3 rings (SSSR count). The Labute approximate surface area is 159 Å². The fourth-order valence-corrected chi connectivity index (χ4v) is 3.83. The molecule has 0 amide bonds. The predicted octanol–water partition coefficient (Wildman–Crippen LogP) is 4.30. The summed E-state index contributed by atoms with van der Waals surface area (Å²) in [5.41, 5.74) is 3.62. The third-order valence-electron chi connectivity index (χ3n) is 4.53. The van der Waals surface area contributed by atoms with Crippen molar-refractivity contribution in [3.63, 3.8) is 0 Å². The highest BCUT2D eigenvalue weighted by molar-refractivity contribution is 9.08. The van der Waals surface area contributed by atoms with E-state index < -0.39 is 0 Å².